The van der Waals surface area contributed by atoms with Crippen LogP contribution in [0.2, 0.25) is 0 Å². The van der Waals surface area contributed by atoms with Crippen LogP contribution >= 0.6 is 0 Å². The second-order valence-corrected chi connectivity index (χ2v) is 6.07. The molecule has 0 heterocycles. The molecule has 2 fully saturated rings. The molecule has 1 atom stereocenters. The van der Waals surface area contributed by atoms with Crippen molar-refractivity contribution in [3.8, 4) is 0 Å². The second-order valence-electron chi connectivity index (χ2n) is 6.07. The summed E-state index contributed by atoms with van der Waals surface area (Å²) in [5, 5.41) is 14.3. The van der Waals surface area contributed by atoms with Crippen molar-refractivity contribution < 1.29 is 19.4 Å². The molecule has 21 heavy (non-hydrogen) atoms. The molecule has 0 radical (unpaired) electrons. The minimum Gasteiger partial charge on any atom is -0.481 e. The van der Waals surface area contributed by atoms with Crippen molar-refractivity contribution >= 4 is 12.0 Å². The molecule has 2 aliphatic rings. The van der Waals surface area contributed by atoms with E-state index in [0.29, 0.717) is 25.2 Å². The summed E-state index contributed by atoms with van der Waals surface area (Å²) < 4.78 is 5.73. The molecule has 0 bridgehead atoms. The first-order valence-electron chi connectivity index (χ1n) is 8.03. The smallest absolute Gasteiger partial charge is 0.315 e. The highest BCUT2D eigenvalue weighted by atomic mass is 16.5. The van der Waals surface area contributed by atoms with E-state index in [2.05, 4.69) is 10.6 Å². The van der Waals surface area contributed by atoms with Crippen molar-refractivity contribution in [1.29, 1.82) is 0 Å². The van der Waals surface area contributed by atoms with E-state index in [1.807, 2.05) is 0 Å². The Labute approximate surface area is 125 Å². The van der Waals surface area contributed by atoms with Crippen molar-refractivity contribution in [3.05, 3.63) is 0 Å². The Kier molecular flexibility index (Phi) is 6.29. The fraction of sp³-hybridized carbons (Fsp3) is 0.867. The molecule has 2 saturated carbocycles. The Morgan fingerprint density at radius 2 is 1.86 bits per heavy atom. The van der Waals surface area contributed by atoms with Gasteiger partial charge in [-0.2, -0.15) is 0 Å². The average Bonchev–Trinajstić information content (AvgIpc) is 3.28. The lowest BCUT2D eigenvalue weighted by Crippen LogP contribution is -2.45. The van der Waals surface area contributed by atoms with E-state index in [9.17, 15) is 9.59 Å². The molecule has 0 aromatic rings. The van der Waals surface area contributed by atoms with Crippen LogP contribution in [0.25, 0.3) is 0 Å². The molecule has 2 rings (SSSR count). The quantitative estimate of drug-likeness (QED) is 0.597. The fourth-order valence-electron chi connectivity index (χ4n) is 2.86. The zero-order valence-corrected chi connectivity index (χ0v) is 12.5. The van der Waals surface area contributed by atoms with Crippen LogP contribution in [-0.4, -0.2) is 42.4 Å². The van der Waals surface area contributed by atoms with Crippen LogP contribution < -0.4 is 10.6 Å². The van der Waals surface area contributed by atoms with Gasteiger partial charge in [-0.25, -0.2) is 4.79 Å². The highest BCUT2D eigenvalue weighted by Crippen LogP contribution is 2.33. The van der Waals surface area contributed by atoms with Gasteiger partial charge in [0, 0.05) is 12.6 Å². The summed E-state index contributed by atoms with van der Waals surface area (Å²) in [6.07, 6.45) is 8.35. The van der Waals surface area contributed by atoms with Gasteiger partial charge in [0.05, 0.1) is 19.1 Å². The summed E-state index contributed by atoms with van der Waals surface area (Å²) in [6, 6.07) is -0.540. The molecule has 3 N–H and O–H groups in total. The summed E-state index contributed by atoms with van der Waals surface area (Å²) in [5.41, 5.74) is 0. The molecule has 0 aromatic heterocycles. The summed E-state index contributed by atoms with van der Waals surface area (Å²) in [4.78, 5) is 22.5. The number of nitrogens with one attached hydrogen (secondary N) is 2. The second kappa shape index (κ2) is 8.22. The minimum absolute atomic E-state index is 0.00331. The van der Waals surface area contributed by atoms with Crippen LogP contribution in [-0.2, 0) is 9.53 Å². The standard InChI is InChI=1S/C15H26N2O4/c18-14(19)10-13(11-6-7-11)17-15(20)16-8-9-21-12-4-2-1-3-5-12/h11-13H,1-10H2,(H,18,19)(H2,16,17,20). The van der Waals surface area contributed by atoms with Gasteiger partial charge < -0.3 is 20.5 Å². The van der Waals surface area contributed by atoms with Gasteiger partial charge in [0.2, 0.25) is 0 Å². The molecule has 0 saturated heterocycles. The number of hydrogen-bond acceptors (Lipinski definition) is 3. The van der Waals surface area contributed by atoms with Gasteiger partial charge in [-0.05, 0) is 31.6 Å². The predicted octanol–water partition coefficient (Wildman–Crippen LogP) is 1.89. The van der Waals surface area contributed by atoms with Crippen LogP contribution in [0.3, 0.4) is 0 Å². The minimum atomic E-state index is -0.868. The maximum Gasteiger partial charge on any atom is 0.315 e. The number of carboxylic acids is 1. The Morgan fingerprint density at radius 3 is 2.48 bits per heavy atom. The third-order valence-corrected chi connectivity index (χ3v) is 4.20. The zero-order valence-electron chi connectivity index (χ0n) is 12.5. The van der Waals surface area contributed by atoms with Gasteiger partial charge in [0.25, 0.3) is 0 Å². The lowest BCUT2D eigenvalue weighted by atomic mass is 9.98. The molecule has 6 heteroatoms. The van der Waals surface area contributed by atoms with Crippen LogP contribution in [0.15, 0.2) is 0 Å². The van der Waals surface area contributed by atoms with Crippen LogP contribution in [0.1, 0.15) is 51.4 Å². The van der Waals surface area contributed by atoms with Crippen LogP contribution in [0, 0.1) is 5.92 Å². The fourth-order valence-corrected chi connectivity index (χ4v) is 2.86. The molecule has 0 aliphatic heterocycles. The Bertz CT molecular complexity index is 352. The summed E-state index contributed by atoms with van der Waals surface area (Å²) in [6.45, 7) is 0.984. The van der Waals surface area contributed by atoms with Gasteiger partial charge in [0.1, 0.15) is 0 Å². The number of ether oxygens (including phenoxy) is 1. The predicted molar refractivity (Wildman–Crippen MR) is 78.1 cm³/mol. The molecule has 2 amide bonds. The largest absolute Gasteiger partial charge is 0.481 e. The maximum absolute atomic E-state index is 11.7. The van der Waals surface area contributed by atoms with Crippen LogP contribution in [0.5, 0.6) is 0 Å². The normalized spacial score (nSPS) is 20.8. The lowest BCUT2D eigenvalue weighted by Gasteiger charge is -2.22. The third-order valence-electron chi connectivity index (χ3n) is 4.20. The highest BCUT2D eigenvalue weighted by molar-refractivity contribution is 5.75. The third kappa shape index (κ3) is 6.33. The number of hydrogen-bond donors (Lipinski definition) is 3. The van der Waals surface area contributed by atoms with E-state index in [1.54, 1.807) is 0 Å². The van der Waals surface area contributed by atoms with E-state index >= 15 is 0 Å². The van der Waals surface area contributed by atoms with Crippen LogP contribution in [0.4, 0.5) is 4.79 Å². The molecule has 0 aromatic carbocycles. The van der Waals surface area contributed by atoms with E-state index < -0.39 is 5.97 Å². The Morgan fingerprint density at radius 1 is 1.14 bits per heavy atom. The first kappa shape index (κ1) is 16.1. The maximum atomic E-state index is 11.7. The van der Waals surface area contributed by atoms with E-state index in [0.717, 1.165) is 25.7 Å². The van der Waals surface area contributed by atoms with Crippen molar-refractivity contribution in [2.75, 3.05) is 13.2 Å². The molecular formula is C15H26N2O4. The number of aliphatic carboxylic acids is 1. The van der Waals surface area contributed by atoms with Crippen molar-refractivity contribution in [1.82, 2.24) is 10.6 Å². The molecule has 120 valence electrons. The number of amides is 2. The van der Waals surface area contributed by atoms with Gasteiger partial charge in [-0.1, -0.05) is 19.3 Å². The number of carboxylic acid groups (broad SMARTS) is 1. The zero-order chi connectivity index (χ0) is 15.1. The first-order chi connectivity index (χ1) is 10.1. The highest BCUT2D eigenvalue weighted by Gasteiger charge is 2.33. The summed E-state index contributed by atoms with van der Waals surface area (Å²) in [7, 11) is 0. The topological polar surface area (TPSA) is 87.7 Å². The van der Waals surface area contributed by atoms with Crippen molar-refractivity contribution in [2.24, 2.45) is 5.92 Å². The molecule has 0 spiro atoms. The number of rotatable bonds is 8. The monoisotopic (exact) mass is 298 g/mol. The number of urea groups is 1. The number of carbonyl (C=O) groups is 2. The molecular weight excluding hydrogens is 272 g/mol. The SMILES string of the molecule is O=C(O)CC(NC(=O)NCCOC1CCCCC1)C1CC1. The Balaban J connectivity index is 1.56. The van der Waals surface area contributed by atoms with E-state index in [1.165, 1.54) is 19.3 Å². The van der Waals surface area contributed by atoms with E-state index in [4.69, 9.17) is 9.84 Å². The Hall–Kier alpha value is -1.30. The first-order valence-corrected chi connectivity index (χ1v) is 8.03. The van der Waals surface area contributed by atoms with Crippen molar-refractivity contribution in [3.63, 3.8) is 0 Å². The lowest BCUT2D eigenvalue weighted by molar-refractivity contribution is -0.137. The van der Waals surface area contributed by atoms with Gasteiger partial charge in [-0.3, -0.25) is 4.79 Å². The summed E-state index contributed by atoms with van der Waals surface area (Å²) >= 11 is 0. The summed E-state index contributed by atoms with van der Waals surface area (Å²) in [5.74, 6) is -0.543. The van der Waals surface area contributed by atoms with E-state index in [-0.39, 0.29) is 18.5 Å². The number of carbonyl (C=O) groups excluding carboxylic acids is 1. The molecule has 6 nitrogen and oxygen atoms in total. The van der Waals surface area contributed by atoms with Gasteiger partial charge in [-0.15, -0.1) is 0 Å². The molecule has 1 unspecified atom stereocenters. The van der Waals surface area contributed by atoms with Crippen molar-refractivity contribution in [2.45, 2.75) is 63.5 Å². The van der Waals surface area contributed by atoms with Gasteiger partial charge in [0.15, 0.2) is 0 Å². The average molecular weight is 298 g/mol. The molecule has 2 aliphatic carbocycles. The van der Waals surface area contributed by atoms with Gasteiger partial charge >= 0.3 is 12.0 Å².